The molecule has 3 aromatic rings. The molecule has 0 aliphatic carbocycles. The van der Waals surface area contributed by atoms with E-state index in [-0.39, 0.29) is 0 Å². The van der Waals surface area contributed by atoms with Gasteiger partial charge in [0, 0.05) is 0 Å². The average Bonchev–Trinajstić information content (AvgIpc) is 2.82. The number of benzene rings is 3. The summed E-state index contributed by atoms with van der Waals surface area (Å²) in [5.74, 6) is 0.342. The fourth-order valence-electron chi connectivity index (χ4n) is 2.76. The summed E-state index contributed by atoms with van der Waals surface area (Å²) in [7, 11) is 1.52. The Labute approximate surface area is 180 Å². The normalized spacial score (nSPS) is 11.2. The predicted octanol–water partition coefficient (Wildman–Crippen LogP) is 3.50. The Morgan fingerprint density at radius 2 is 1.42 bits per heavy atom. The number of nitrogens with one attached hydrogen (secondary N) is 2. The van der Waals surface area contributed by atoms with Gasteiger partial charge in [0.05, 0.1) is 12.7 Å². The number of hydrogen-bond donors (Lipinski definition) is 2. The van der Waals surface area contributed by atoms with E-state index in [1.807, 2.05) is 30.3 Å². The third-order valence-electron chi connectivity index (χ3n) is 4.41. The third kappa shape index (κ3) is 5.99. The van der Waals surface area contributed by atoms with Crippen LogP contribution in [0, 0.1) is 0 Å². The maximum absolute atomic E-state index is 12.6. The maximum Gasteiger partial charge on any atom is 0.279 e. The molecule has 2 amide bonds. The van der Waals surface area contributed by atoms with E-state index in [0.717, 1.165) is 5.56 Å². The molecule has 0 bridgehead atoms. The van der Waals surface area contributed by atoms with E-state index >= 15 is 0 Å². The van der Waals surface area contributed by atoms with Crippen molar-refractivity contribution in [2.24, 2.45) is 0 Å². The number of hydrazine groups is 1. The molecule has 3 aromatic carbocycles. The largest absolute Gasteiger partial charge is 0.493 e. The molecule has 0 radical (unpaired) electrons. The van der Waals surface area contributed by atoms with Crippen LogP contribution in [0.1, 0.15) is 22.8 Å². The van der Waals surface area contributed by atoms with Gasteiger partial charge in [0.1, 0.15) is 12.4 Å². The van der Waals surface area contributed by atoms with Gasteiger partial charge in [-0.15, -0.1) is 0 Å². The number of hydrogen-bond acceptors (Lipinski definition) is 5. The first-order chi connectivity index (χ1) is 15.1. The second-order valence-corrected chi connectivity index (χ2v) is 6.62. The molecule has 7 nitrogen and oxygen atoms in total. The van der Waals surface area contributed by atoms with Gasteiger partial charge in [-0.05, 0) is 36.8 Å². The first-order valence-electron chi connectivity index (χ1n) is 9.74. The van der Waals surface area contributed by atoms with Crippen LogP contribution in [-0.2, 0) is 11.4 Å². The molecular weight excluding hydrogens is 396 g/mol. The number of amides is 2. The van der Waals surface area contributed by atoms with E-state index in [2.05, 4.69) is 10.9 Å². The summed E-state index contributed by atoms with van der Waals surface area (Å²) in [5.41, 5.74) is 6.07. The van der Waals surface area contributed by atoms with Crippen molar-refractivity contribution in [3.63, 3.8) is 0 Å². The van der Waals surface area contributed by atoms with Crippen LogP contribution in [0.15, 0.2) is 78.9 Å². The van der Waals surface area contributed by atoms with Crippen molar-refractivity contribution in [2.45, 2.75) is 19.6 Å². The summed E-state index contributed by atoms with van der Waals surface area (Å²) in [6.45, 7) is 1.89. The first-order valence-corrected chi connectivity index (χ1v) is 9.74. The molecule has 0 fully saturated rings. The quantitative estimate of drug-likeness (QED) is 0.545. The minimum Gasteiger partial charge on any atom is -0.493 e. The highest BCUT2D eigenvalue weighted by atomic mass is 16.5. The van der Waals surface area contributed by atoms with Gasteiger partial charge < -0.3 is 14.2 Å². The second kappa shape index (κ2) is 10.7. The second-order valence-electron chi connectivity index (χ2n) is 6.62. The Morgan fingerprint density at radius 3 is 2.13 bits per heavy atom. The monoisotopic (exact) mass is 420 g/mol. The minimum atomic E-state index is -0.860. The Bertz CT molecular complexity index is 1020. The lowest BCUT2D eigenvalue weighted by atomic mass is 10.2. The van der Waals surface area contributed by atoms with Gasteiger partial charge in [-0.1, -0.05) is 54.6 Å². The predicted molar refractivity (Wildman–Crippen MR) is 116 cm³/mol. The average molecular weight is 420 g/mol. The zero-order chi connectivity index (χ0) is 22.1. The Morgan fingerprint density at radius 1 is 0.806 bits per heavy atom. The minimum absolute atomic E-state index is 0.303. The molecule has 0 aliphatic rings. The van der Waals surface area contributed by atoms with Crippen LogP contribution in [0.3, 0.4) is 0 Å². The van der Waals surface area contributed by atoms with Crippen LogP contribution in [0.5, 0.6) is 17.2 Å². The Hall–Kier alpha value is -4.00. The SMILES string of the molecule is COc1ccccc1O[C@@H](C)C(=O)NNC(=O)c1ccccc1OCc1ccccc1. The first kappa shape index (κ1) is 21.7. The molecule has 160 valence electrons. The zero-order valence-corrected chi connectivity index (χ0v) is 17.3. The number of rotatable bonds is 8. The lowest BCUT2D eigenvalue weighted by Crippen LogP contribution is -2.47. The molecule has 0 unspecified atom stereocenters. The molecule has 31 heavy (non-hydrogen) atoms. The molecule has 0 saturated heterocycles. The number of ether oxygens (including phenoxy) is 3. The van der Waals surface area contributed by atoms with Crippen molar-refractivity contribution in [3.8, 4) is 17.2 Å². The molecule has 0 saturated carbocycles. The fraction of sp³-hybridized carbons (Fsp3) is 0.167. The molecule has 3 rings (SSSR count). The van der Waals surface area contributed by atoms with Crippen molar-refractivity contribution in [2.75, 3.05) is 7.11 Å². The molecule has 1 atom stereocenters. The number of methoxy groups -OCH3 is 1. The molecule has 0 spiro atoms. The fourth-order valence-corrected chi connectivity index (χ4v) is 2.76. The highest BCUT2D eigenvalue weighted by molar-refractivity contribution is 5.98. The number of carbonyl (C=O) groups is 2. The maximum atomic E-state index is 12.6. The van der Waals surface area contributed by atoms with Crippen molar-refractivity contribution in [3.05, 3.63) is 90.0 Å². The van der Waals surface area contributed by atoms with E-state index in [1.165, 1.54) is 7.11 Å². The van der Waals surface area contributed by atoms with Crippen molar-refractivity contribution >= 4 is 11.8 Å². The van der Waals surface area contributed by atoms with E-state index in [1.54, 1.807) is 55.5 Å². The van der Waals surface area contributed by atoms with Crippen LogP contribution in [0.4, 0.5) is 0 Å². The smallest absolute Gasteiger partial charge is 0.279 e. The molecule has 7 heteroatoms. The van der Waals surface area contributed by atoms with Crippen LogP contribution >= 0.6 is 0 Å². The van der Waals surface area contributed by atoms with E-state index < -0.39 is 17.9 Å². The van der Waals surface area contributed by atoms with Crippen molar-refractivity contribution in [1.82, 2.24) is 10.9 Å². The van der Waals surface area contributed by atoms with Crippen LogP contribution in [0.2, 0.25) is 0 Å². The highest BCUT2D eigenvalue weighted by Gasteiger charge is 2.19. The van der Waals surface area contributed by atoms with Crippen LogP contribution in [0.25, 0.3) is 0 Å². The van der Waals surface area contributed by atoms with Gasteiger partial charge >= 0.3 is 0 Å². The number of carbonyl (C=O) groups excluding carboxylic acids is 2. The summed E-state index contributed by atoms with van der Waals surface area (Å²) in [6.07, 6.45) is -0.860. The molecular formula is C24H24N2O5. The van der Waals surface area contributed by atoms with Gasteiger partial charge in [0.25, 0.3) is 11.8 Å². The van der Waals surface area contributed by atoms with Crippen LogP contribution < -0.4 is 25.1 Å². The number of para-hydroxylation sites is 3. The van der Waals surface area contributed by atoms with Gasteiger partial charge in [0.15, 0.2) is 17.6 Å². The van der Waals surface area contributed by atoms with Crippen molar-refractivity contribution in [1.29, 1.82) is 0 Å². The lowest BCUT2D eigenvalue weighted by Gasteiger charge is -2.17. The summed E-state index contributed by atoms with van der Waals surface area (Å²) < 4.78 is 16.6. The van der Waals surface area contributed by atoms with Gasteiger partial charge in [-0.3, -0.25) is 20.4 Å². The summed E-state index contributed by atoms with van der Waals surface area (Å²) in [6, 6.07) is 23.5. The molecule has 2 N–H and O–H groups in total. The summed E-state index contributed by atoms with van der Waals surface area (Å²) >= 11 is 0. The van der Waals surface area contributed by atoms with Crippen molar-refractivity contribution < 1.29 is 23.8 Å². The van der Waals surface area contributed by atoms with Gasteiger partial charge in [-0.25, -0.2) is 0 Å². The van der Waals surface area contributed by atoms with Gasteiger partial charge in [-0.2, -0.15) is 0 Å². The topological polar surface area (TPSA) is 85.9 Å². The van der Waals surface area contributed by atoms with E-state index in [4.69, 9.17) is 14.2 Å². The summed E-state index contributed by atoms with van der Waals surface area (Å²) in [5, 5.41) is 0. The zero-order valence-electron chi connectivity index (χ0n) is 17.3. The molecule has 0 aliphatic heterocycles. The molecule has 0 aromatic heterocycles. The Kier molecular flexibility index (Phi) is 7.48. The van der Waals surface area contributed by atoms with E-state index in [9.17, 15) is 9.59 Å². The van der Waals surface area contributed by atoms with E-state index in [0.29, 0.717) is 29.4 Å². The molecule has 0 heterocycles. The lowest BCUT2D eigenvalue weighted by molar-refractivity contribution is -0.128. The van der Waals surface area contributed by atoms with Gasteiger partial charge in [0.2, 0.25) is 0 Å². The standard InChI is InChI=1S/C24H24N2O5/c1-17(31-22-15-9-8-14-21(22)29-2)23(27)25-26-24(28)19-12-6-7-13-20(19)30-16-18-10-4-3-5-11-18/h3-15,17H,16H2,1-2H3,(H,25,27)(H,26,28)/t17-/m0/s1. The summed E-state index contributed by atoms with van der Waals surface area (Å²) in [4.78, 5) is 25.0. The Balaban J connectivity index is 1.57. The van der Waals surface area contributed by atoms with Crippen LogP contribution in [-0.4, -0.2) is 25.0 Å². The third-order valence-corrected chi connectivity index (χ3v) is 4.41. The highest BCUT2D eigenvalue weighted by Crippen LogP contribution is 2.26.